The molecule has 0 atom stereocenters. The monoisotopic (exact) mass is 263 g/mol. The summed E-state index contributed by atoms with van der Waals surface area (Å²) in [6, 6.07) is 2.88. The molecule has 0 aliphatic carbocycles. The fourth-order valence-electron chi connectivity index (χ4n) is 1.77. The highest BCUT2D eigenvalue weighted by Crippen LogP contribution is 2.07. The van der Waals surface area contributed by atoms with Gasteiger partial charge in [-0.3, -0.25) is 13.9 Å². The number of carbonyl (C=O) groups is 1. The minimum atomic E-state index is -0.586. The molecule has 7 nitrogen and oxygen atoms in total. The Labute approximate surface area is 108 Å². The zero-order valence-corrected chi connectivity index (χ0v) is 10.8. The van der Waals surface area contributed by atoms with E-state index in [4.69, 9.17) is 4.74 Å². The van der Waals surface area contributed by atoms with E-state index in [-0.39, 0.29) is 23.3 Å². The summed E-state index contributed by atoms with van der Waals surface area (Å²) in [6.07, 6.45) is 0. The molecule has 0 bridgehead atoms. The summed E-state index contributed by atoms with van der Waals surface area (Å²) in [4.78, 5) is 39.3. The van der Waals surface area contributed by atoms with Crippen LogP contribution in [0.5, 0.6) is 0 Å². The van der Waals surface area contributed by atoms with Crippen molar-refractivity contribution in [1.29, 1.82) is 0 Å². The van der Waals surface area contributed by atoms with Gasteiger partial charge in [-0.15, -0.1) is 0 Å². The van der Waals surface area contributed by atoms with E-state index in [1.807, 2.05) is 0 Å². The Morgan fingerprint density at radius 2 is 1.95 bits per heavy atom. The Hall–Kier alpha value is -2.44. The second kappa shape index (κ2) is 4.68. The van der Waals surface area contributed by atoms with Crippen LogP contribution >= 0.6 is 0 Å². The number of esters is 1. The third-order valence-corrected chi connectivity index (χ3v) is 2.79. The first-order valence-electron chi connectivity index (χ1n) is 5.71. The molecule has 0 aliphatic rings. The summed E-state index contributed by atoms with van der Waals surface area (Å²) in [5.41, 5.74) is -0.705. The van der Waals surface area contributed by atoms with Crippen LogP contribution < -0.4 is 11.2 Å². The van der Waals surface area contributed by atoms with Crippen LogP contribution in [0, 0.1) is 0 Å². The van der Waals surface area contributed by atoms with Crippen LogP contribution in [0.4, 0.5) is 0 Å². The van der Waals surface area contributed by atoms with E-state index in [2.05, 4.69) is 4.98 Å². The Kier molecular flexibility index (Phi) is 3.20. The van der Waals surface area contributed by atoms with Crippen LogP contribution in [0.1, 0.15) is 17.4 Å². The molecule has 7 heteroatoms. The van der Waals surface area contributed by atoms with E-state index in [0.717, 1.165) is 4.57 Å². The Morgan fingerprint density at radius 1 is 1.26 bits per heavy atom. The van der Waals surface area contributed by atoms with Crippen LogP contribution in [-0.2, 0) is 18.8 Å². The van der Waals surface area contributed by atoms with Crippen LogP contribution in [0.2, 0.25) is 0 Å². The molecule has 2 rings (SSSR count). The normalized spacial score (nSPS) is 10.7. The SMILES string of the molecule is CCOC(=O)c1ccc2c(=O)n(C)c(=O)n(C)c2n1. The zero-order valence-electron chi connectivity index (χ0n) is 10.8. The summed E-state index contributed by atoms with van der Waals surface area (Å²) in [6.45, 7) is 1.92. The van der Waals surface area contributed by atoms with Gasteiger partial charge < -0.3 is 4.74 Å². The van der Waals surface area contributed by atoms with Gasteiger partial charge in [0.15, 0.2) is 5.69 Å². The molecule has 0 amide bonds. The van der Waals surface area contributed by atoms with Crippen molar-refractivity contribution < 1.29 is 9.53 Å². The van der Waals surface area contributed by atoms with E-state index in [1.165, 1.54) is 30.8 Å². The summed E-state index contributed by atoms with van der Waals surface area (Å²) in [5, 5.41) is 0.276. The molecule has 100 valence electrons. The maximum Gasteiger partial charge on any atom is 0.356 e. The standard InChI is InChI=1S/C12H13N3O4/c1-4-19-11(17)8-6-5-7-9(13-8)14(2)12(18)15(3)10(7)16/h5-6H,4H2,1-3H3. The van der Waals surface area contributed by atoms with Gasteiger partial charge in [0.1, 0.15) is 5.65 Å². The lowest BCUT2D eigenvalue weighted by Crippen LogP contribution is -2.37. The molecular formula is C12H13N3O4. The van der Waals surface area contributed by atoms with Crippen molar-refractivity contribution >= 4 is 17.0 Å². The summed E-state index contributed by atoms with van der Waals surface area (Å²) in [5.74, 6) is -0.586. The van der Waals surface area contributed by atoms with Crippen molar-refractivity contribution in [2.24, 2.45) is 14.1 Å². The predicted octanol–water partition coefficient (Wildman–Crippen LogP) is -0.191. The van der Waals surface area contributed by atoms with Crippen LogP contribution in [0.3, 0.4) is 0 Å². The molecule has 0 spiro atoms. The highest BCUT2D eigenvalue weighted by atomic mass is 16.5. The average molecular weight is 263 g/mol. The van der Waals surface area contributed by atoms with Crippen LogP contribution in [-0.4, -0.2) is 26.7 Å². The summed E-state index contributed by atoms with van der Waals surface area (Å²) in [7, 11) is 2.88. The third-order valence-electron chi connectivity index (χ3n) is 2.79. The van der Waals surface area contributed by atoms with Gasteiger partial charge in [0.25, 0.3) is 5.56 Å². The number of rotatable bonds is 2. The van der Waals surface area contributed by atoms with Gasteiger partial charge in [-0.05, 0) is 19.1 Å². The highest BCUT2D eigenvalue weighted by Gasteiger charge is 2.14. The minimum absolute atomic E-state index is 0.0672. The zero-order chi connectivity index (χ0) is 14.2. The number of aromatic nitrogens is 3. The number of pyridine rings is 1. The molecule has 0 saturated carbocycles. The maximum atomic E-state index is 11.9. The van der Waals surface area contributed by atoms with Crippen LogP contribution in [0.25, 0.3) is 11.0 Å². The second-order valence-corrected chi connectivity index (χ2v) is 3.99. The lowest BCUT2D eigenvalue weighted by Gasteiger charge is -2.07. The quantitative estimate of drug-likeness (QED) is 0.701. The molecular weight excluding hydrogens is 250 g/mol. The van der Waals surface area contributed by atoms with Crippen molar-refractivity contribution in [3.63, 3.8) is 0 Å². The van der Waals surface area contributed by atoms with Crippen molar-refractivity contribution in [3.8, 4) is 0 Å². The van der Waals surface area contributed by atoms with Gasteiger partial charge in [-0.1, -0.05) is 0 Å². The molecule has 19 heavy (non-hydrogen) atoms. The molecule has 0 saturated heterocycles. The molecule has 0 unspecified atom stereocenters. The fraction of sp³-hybridized carbons (Fsp3) is 0.333. The average Bonchev–Trinajstić information content (AvgIpc) is 2.42. The van der Waals surface area contributed by atoms with E-state index >= 15 is 0 Å². The van der Waals surface area contributed by atoms with Gasteiger partial charge in [0.2, 0.25) is 0 Å². The second-order valence-electron chi connectivity index (χ2n) is 3.99. The van der Waals surface area contributed by atoms with E-state index in [1.54, 1.807) is 6.92 Å². The van der Waals surface area contributed by atoms with E-state index in [0.29, 0.717) is 0 Å². The number of hydrogen-bond acceptors (Lipinski definition) is 5. The summed E-state index contributed by atoms with van der Waals surface area (Å²) >= 11 is 0. The van der Waals surface area contributed by atoms with Crippen molar-refractivity contribution in [2.75, 3.05) is 6.61 Å². The first kappa shape index (κ1) is 13.0. The number of nitrogens with zero attached hydrogens (tertiary/aromatic N) is 3. The molecule has 0 aromatic carbocycles. The van der Waals surface area contributed by atoms with Gasteiger partial charge in [-0.2, -0.15) is 0 Å². The van der Waals surface area contributed by atoms with Gasteiger partial charge in [0.05, 0.1) is 12.0 Å². The number of fused-ring (bicyclic) bond motifs is 1. The van der Waals surface area contributed by atoms with Crippen molar-refractivity contribution in [3.05, 3.63) is 38.7 Å². The third kappa shape index (κ3) is 2.03. The van der Waals surface area contributed by atoms with Crippen molar-refractivity contribution in [1.82, 2.24) is 14.1 Å². The van der Waals surface area contributed by atoms with Gasteiger partial charge in [-0.25, -0.2) is 14.6 Å². The Bertz CT molecular complexity index is 773. The Balaban J connectivity index is 2.77. The molecule has 0 N–H and O–H groups in total. The van der Waals surface area contributed by atoms with Crippen LogP contribution in [0.15, 0.2) is 21.7 Å². The van der Waals surface area contributed by atoms with Crippen molar-refractivity contribution in [2.45, 2.75) is 6.92 Å². The highest BCUT2D eigenvalue weighted by molar-refractivity contribution is 5.90. The molecule has 0 aliphatic heterocycles. The molecule has 2 aromatic heterocycles. The number of carbonyl (C=O) groups excluding carboxylic acids is 1. The first-order chi connectivity index (χ1) is 8.97. The maximum absolute atomic E-state index is 11.9. The predicted molar refractivity (Wildman–Crippen MR) is 68.2 cm³/mol. The lowest BCUT2D eigenvalue weighted by atomic mass is 10.3. The smallest absolute Gasteiger partial charge is 0.356 e. The van der Waals surface area contributed by atoms with Gasteiger partial charge in [0, 0.05) is 14.1 Å². The van der Waals surface area contributed by atoms with E-state index in [9.17, 15) is 14.4 Å². The molecule has 0 radical (unpaired) electrons. The summed E-state index contributed by atoms with van der Waals surface area (Å²) < 4.78 is 7.04. The topological polar surface area (TPSA) is 83.2 Å². The number of hydrogen-bond donors (Lipinski definition) is 0. The molecule has 2 aromatic rings. The fourth-order valence-corrected chi connectivity index (χ4v) is 1.77. The number of ether oxygens (including phenoxy) is 1. The molecule has 2 heterocycles. The Morgan fingerprint density at radius 3 is 2.58 bits per heavy atom. The minimum Gasteiger partial charge on any atom is -0.461 e. The lowest BCUT2D eigenvalue weighted by molar-refractivity contribution is 0.0520. The number of aryl methyl sites for hydroxylation is 1. The molecule has 0 fully saturated rings. The van der Waals surface area contributed by atoms with Gasteiger partial charge >= 0.3 is 11.7 Å². The first-order valence-corrected chi connectivity index (χ1v) is 5.71. The van der Waals surface area contributed by atoms with E-state index < -0.39 is 17.2 Å². The largest absolute Gasteiger partial charge is 0.461 e.